The van der Waals surface area contributed by atoms with Gasteiger partial charge in [-0.3, -0.25) is 0 Å². The molecule has 3 rings (SSSR count). The summed E-state index contributed by atoms with van der Waals surface area (Å²) < 4.78 is 2.06. The van der Waals surface area contributed by atoms with Gasteiger partial charge in [-0.15, -0.1) is 0 Å². The normalized spacial score (nSPS) is 19.9. The SMILES string of the molecule is CCNc1cn2ccnc2c(N2CCCC(C)C2)n1. The first-order valence-electron chi connectivity index (χ1n) is 7.10. The fourth-order valence-electron chi connectivity index (χ4n) is 2.78. The molecule has 1 unspecified atom stereocenters. The van der Waals surface area contributed by atoms with E-state index in [1.54, 1.807) is 0 Å². The summed E-state index contributed by atoms with van der Waals surface area (Å²) in [6, 6.07) is 0. The summed E-state index contributed by atoms with van der Waals surface area (Å²) in [5.41, 5.74) is 0.954. The summed E-state index contributed by atoms with van der Waals surface area (Å²) >= 11 is 0. The lowest BCUT2D eigenvalue weighted by molar-refractivity contribution is 0.445. The number of anilines is 2. The zero-order chi connectivity index (χ0) is 13.2. The second-order valence-corrected chi connectivity index (χ2v) is 5.33. The molecule has 102 valence electrons. The van der Waals surface area contributed by atoms with Crippen molar-refractivity contribution in [1.82, 2.24) is 14.4 Å². The van der Waals surface area contributed by atoms with Crippen LogP contribution in [0.3, 0.4) is 0 Å². The Morgan fingerprint density at radius 2 is 2.37 bits per heavy atom. The number of nitrogens with one attached hydrogen (secondary N) is 1. The van der Waals surface area contributed by atoms with Crippen LogP contribution in [-0.4, -0.2) is 34.0 Å². The monoisotopic (exact) mass is 259 g/mol. The maximum Gasteiger partial charge on any atom is 0.180 e. The molecule has 0 aliphatic carbocycles. The Morgan fingerprint density at radius 1 is 1.47 bits per heavy atom. The summed E-state index contributed by atoms with van der Waals surface area (Å²) in [4.78, 5) is 11.6. The van der Waals surface area contributed by atoms with Crippen LogP contribution in [0.5, 0.6) is 0 Å². The first kappa shape index (κ1) is 12.3. The number of nitrogens with zero attached hydrogens (tertiary/aromatic N) is 4. The minimum atomic E-state index is 0.730. The standard InChI is InChI=1S/C14H21N5/c1-3-15-12-10-19-8-6-16-13(19)14(17-12)18-7-4-5-11(2)9-18/h6,8,10-11,15H,3-5,7,9H2,1-2H3. The third kappa shape index (κ3) is 2.37. The van der Waals surface area contributed by atoms with Gasteiger partial charge in [0.05, 0.1) is 6.20 Å². The van der Waals surface area contributed by atoms with Crippen LogP contribution in [0.1, 0.15) is 26.7 Å². The number of fused-ring (bicyclic) bond motifs is 1. The lowest BCUT2D eigenvalue weighted by Crippen LogP contribution is -2.35. The van der Waals surface area contributed by atoms with Gasteiger partial charge in [0.25, 0.3) is 0 Å². The van der Waals surface area contributed by atoms with Crippen LogP contribution in [-0.2, 0) is 0 Å². The van der Waals surface area contributed by atoms with E-state index in [0.29, 0.717) is 0 Å². The first-order valence-corrected chi connectivity index (χ1v) is 7.10. The van der Waals surface area contributed by atoms with Crippen molar-refractivity contribution >= 4 is 17.3 Å². The van der Waals surface area contributed by atoms with Gasteiger partial charge in [0.15, 0.2) is 11.5 Å². The number of piperidine rings is 1. The molecule has 19 heavy (non-hydrogen) atoms. The molecule has 5 nitrogen and oxygen atoms in total. The zero-order valence-electron chi connectivity index (χ0n) is 11.6. The van der Waals surface area contributed by atoms with Crippen LogP contribution in [0, 0.1) is 5.92 Å². The number of hydrogen-bond donors (Lipinski definition) is 1. The maximum absolute atomic E-state index is 4.75. The third-order valence-corrected chi connectivity index (χ3v) is 3.67. The Bertz CT molecular complexity index is 562. The molecule has 0 radical (unpaired) electrons. The van der Waals surface area contributed by atoms with E-state index >= 15 is 0 Å². The smallest absolute Gasteiger partial charge is 0.180 e. The second kappa shape index (κ2) is 5.07. The van der Waals surface area contributed by atoms with Gasteiger partial charge >= 0.3 is 0 Å². The number of aromatic nitrogens is 3. The average molecular weight is 259 g/mol. The fourth-order valence-corrected chi connectivity index (χ4v) is 2.78. The number of rotatable bonds is 3. The lowest BCUT2D eigenvalue weighted by Gasteiger charge is -2.32. The molecule has 0 spiro atoms. The molecule has 1 fully saturated rings. The number of hydrogen-bond acceptors (Lipinski definition) is 4. The molecule has 0 saturated carbocycles. The van der Waals surface area contributed by atoms with Crippen LogP contribution in [0.2, 0.25) is 0 Å². The van der Waals surface area contributed by atoms with Crippen molar-refractivity contribution in [3.8, 4) is 0 Å². The molecule has 1 atom stereocenters. The van der Waals surface area contributed by atoms with Crippen molar-refractivity contribution in [3.63, 3.8) is 0 Å². The maximum atomic E-state index is 4.75. The van der Waals surface area contributed by atoms with Gasteiger partial charge in [-0.25, -0.2) is 9.97 Å². The van der Waals surface area contributed by atoms with Gasteiger partial charge in [-0.1, -0.05) is 6.92 Å². The second-order valence-electron chi connectivity index (χ2n) is 5.33. The first-order chi connectivity index (χ1) is 9.28. The van der Waals surface area contributed by atoms with E-state index in [-0.39, 0.29) is 0 Å². The van der Waals surface area contributed by atoms with E-state index in [1.807, 2.05) is 18.6 Å². The zero-order valence-corrected chi connectivity index (χ0v) is 11.6. The van der Waals surface area contributed by atoms with Gasteiger partial charge < -0.3 is 14.6 Å². The summed E-state index contributed by atoms with van der Waals surface area (Å²) in [7, 11) is 0. The van der Waals surface area contributed by atoms with Crippen molar-refractivity contribution in [2.24, 2.45) is 5.92 Å². The van der Waals surface area contributed by atoms with Crippen LogP contribution < -0.4 is 10.2 Å². The van der Waals surface area contributed by atoms with E-state index < -0.39 is 0 Å². The van der Waals surface area contributed by atoms with Crippen molar-refractivity contribution in [2.45, 2.75) is 26.7 Å². The third-order valence-electron chi connectivity index (χ3n) is 3.67. The minimum Gasteiger partial charge on any atom is -0.369 e. The molecule has 2 aromatic heterocycles. The Kier molecular flexibility index (Phi) is 3.27. The molecule has 5 heteroatoms. The highest BCUT2D eigenvalue weighted by Gasteiger charge is 2.21. The summed E-state index contributed by atoms with van der Waals surface area (Å²) in [6.07, 6.45) is 8.37. The molecule has 1 N–H and O–H groups in total. The quantitative estimate of drug-likeness (QED) is 0.919. The molecule has 2 aromatic rings. The van der Waals surface area contributed by atoms with Gasteiger partial charge in [-0.05, 0) is 25.7 Å². The van der Waals surface area contributed by atoms with E-state index in [4.69, 9.17) is 4.98 Å². The van der Waals surface area contributed by atoms with E-state index in [2.05, 4.69) is 33.4 Å². The molecular formula is C14H21N5. The van der Waals surface area contributed by atoms with E-state index in [0.717, 1.165) is 42.8 Å². The van der Waals surface area contributed by atoms with Crippen molar-refractivity contribution < 1.29 is 0 Å². The predicted octanol–water partition coefficient (Wildman–Crippen LogP) is 2.40. The largest absolute Gasteiger partial charge is 0.369 e. The van der Waals surface area contributed by atoms with Gasteiger partial charge in [0.2, 0.25) is 0 Å². The Balaban J connectivity index is 2.02. The van der Waals surface area contributed by atoms with Crippen LogP contribution >= 0.6 is 0 Å². The molecule has 0 bridgehead atoms. The van der Waals surface area contributed by atoms with Gasteiger partial charge in [0, 0.05) is 32.0 Å². The Labute approximate surface area is 113 Å². The molecule has 0 amide bonds. The predicted molar refractivity (Wildman–Crippen MR) is 77.8 cm³/mol. The topological polar surface area (TPSA) is 45.5 Å². The van der Waals surface area contributed by atoms with Gasteiger partial charge in [-0.2, -0.15) is 0 Å². The van der Waals surface area contributed by atoms with E-state index in [1.165, 1.54) is 12.8 Å². The molecule has 1 aliphatic rings. The molecule has 1 aliphatic heterocycles. The van der Waals surface area contributed by atoms with Crippen LogP contribution in [0.4, 0.5) is 11.6 Å². The number of imidazole rings is 1. The molecule has 1 saturated heterocycles. The fraction of sp³-hybridized carbons (Fsp3) is 0.571. The lowest BCUT2D eigenvalue weighted by atomic mass is 10.0. The van der Waals surface area contributed by atoms with Crippen molar-refractivity contribution in [2.75, 3.05) is 29.9 Å². The average Bonchev–Trinajstić information content (AvgIpc) is 2.86. The van der Waals surface area contributed by atoms with Crippen LogP contribution in [0.15, 0.2) is 18.6 Å². The molecule has 3 heterocycles. The van der Waals surface area contributed by atoms with Crippen molar-refractivity contribution in [1.29, 1.82) is 0 Å². The Hall–Kier alpha value is -1.78. The summed E-state index contributed by atoms with van der Waals surface area (Å²) in [5.74, 6) is 2.66. The Morgan fingerprint density at radius 3 is 3.16 bits per heavy atom. The molecular weight excluding hydrogens is 238 g/mol. The highest BCUT2D eigenvalue weighted by molar-refractivity contribution is 5.67. The minimum absolute atomic E-state index is 0.730. The summed E-state index contributed by atoms with van der Waals surface area (Å²) in [5, 5.41) is 3.29. The van der Waals surface area contributed by atoms with Gasteiger partial charge in [0.1, 0.15) is 5.82 Å². The highest BCUT2D eigenvalue weighted by Crippen LogP contribution is 2.25. The van der Waals surface area contributed by atoms with Crippen LogP contribution in [0.25, 0.3) is 5.65 Å². The van der Waals surface area contributed by atoms with E-state index in [9.17, 15) is 0 Å². The highest BCUT2D eigenvalue weighted by atomic mass is 15.2. The van der Waals surface area contributed by atoms with Crippen molar-refractivity contribution in [3.05, 3.63) is 18.6 Å². The molecule has 0 aromatic carbocycles. The summed E-state index contributed by atoms with van der Waals surface area (Å²) in [6.45, 7) is 7.43.